The first kappa shape index (κ1) is 26.5. The number of hydrogen-bond donors (Lipinski definition) is 1. The molecule has 0 radical (unpaired) electrons. The summed E-state index contributed by atoms with van der Waals surface area (Å²) in [7, 11) is 0. The number of ether oxygens (including phenoxy) is 2. The smallest absolute Gasteiger partial charge is 0.254 e. The van der Waals surface area contributed by atoms with E-state index >= 15 is 0 Å². The lowest BCUT2D eigenvalue weighted by Gasteiger charge is -2.45. The van der Waals surface area contributed by atoms with Crippen molar-refractivity contribution in [3.05, 3.63) is 58.7 Å². The molecule has 3 aliphatic rings. The molecule has 1 saturated heterocycles. The third kappa shape index (κ3) is 5.39. The number of amides is 2. The van der Waals surface area contributed by atoms with Crippen LogP contribution in [0, 0.1) is 0 Å². The Morgan fingerprint density at radius 1 is 0.947 bits per heavy atom. The molecule has 3 aliphatic heterocycles. The van der Waals surface area contributed by atoms with Crippen LogP contribution in [0.2, 0.25) is 0 Å². The molecule has 3 heterocycles. The maximum absolute atomic E-state index is 13.9. The van der Waals surface area contributed by atoms with Crippen molar-refractivity contribution in [3.8, 4) is 11.5 Å². The summed E-state index contributed by atoms with van der Waals surface area (Å²) in [4.78, 5) is 31.9. The molecule has 2 aromatic rings. The van der Waals surface area contributed by atoms with E-state index in [1.807, 2.05) is 55.1 Å². The molecule has 0 bridgehead atoms. The standard InChI is InChI=1S/C31H41N3O4/c1-3-37-26-20-22-14-19-34-29(25(22)21-27(26)38-4-2)28(23-12-7-8-13-24(23)31(34)36)30(35)32-15-11-18-33-16-9-5-6-10-17-33/h7-8,12-13,20-21,28-29H,3-6,9-11,14-19H2,1-2H3,(H,32,35)/t28-,29+/m1/s1. The summed E-state index contributed by atoms with van der Waals surface area (Å²) in [6.45, 7) is 9.50. The van der Waals surface area contributed by atoms with Crippen LogP contribution < -0.4 is 14.8 Å². The largest absolute Gasteiger partial charge is 0.490 e. The molecule has 0 aromatic heterocycles. The highest BCUT2D eigenvalue weighted by molar-refractivity contribution is 6.01. The number of benzene rings is 2. The Labute approximate surface area is 226 Å². The average molecular weight is 520 g/mol. The third-order valence-electron chi connectivity index (χ3n) is 8.12. The number of hydrogen-bond acceptors (Lipinski definition) is 5. The minimum absolute atomic E-state index is 0.00620. The average Bonchev–Trinajstić information content (AvgIpc) is 3.21. The number of rotatable bonds is 9. The normalized spacial score (nSPS) is 21.1. The van der Waals surface area contributed by atoms with Crippen molar-refractivity contribution in [2.45, 2.75) is 64.3 Å². The Hall–Kier alpha value is -3.06. The van der Waals surface area contributed by atoms with Gasteiger partial charge in [-0.15, -0.1) is 0 Å². The molecule has 0 spiro atoms. The van der Waals surface area contributed by atoms with E-state index in [0.717, 1.165) is 54.9 Å². The maximum atomic E-state index is 13.9. The Bertz CT molecular complexity index is 1140. The molecule has 7 nitrogen and oxygen atoms in total. The third-order valence-corrected chi connectivity index (χ3v) is 8.12. The van der Waals surface area contributed by atoms with Gasteiger partial charge < -0.3 is 24.6 Å². The number of nitrogens with zero attached hydrogens (tertiary/aromatic N) is 2. The zero-order valence-electron chi connectivity index (χ0n) is 22.8. The molecule has 2 atom stereocenters. The van der Waals surface area contributed by atoms with Gasteiger partial charge in [0.25, 0.3) is 5.91 Å². The van der Waals surface area contributed by atoms with Gasteiger partial charge >= 0.3 is 0 Å². The van der Waals surface area contributed by atoms with Crippen LogP contribution in [0.1, 0.15) is 85.0 Å². The molecule has 204 valence electrons. The van der Waals surface area contributed by atoms with Crippen LogP contribution in [0.5, 0.6) is 11.5 Å². The van der Waals surface area contributed by atoms with Crippen LogP contribution >= 0.6 is 0 Å². The monoisotopic (exact) mass is 519 g/mol. The minimum Gasteiger partial charge on any atom is -0.490 e. The Balaban J connectivity index is 1.42. The molecule has 38 heavy (non-hydrogen) atoms. The predicted molar refractivity (Wildman–Crippen MR) is 148 cm³/mol. The highest BCUT2D eigenvalue weighted by Crippen LogP contribution is 2.48. The summed E-state index contributed by atoms with van der Waals surface area (Å²) >= 11 is 0. The number of carbonyl (C=O) groups excluding carboxylic acids is 2. The van der Waals surface area contributed by atoms with E-state index in [9.17, 15) is 9.59 Å². The number of fused-ring (bicyclic) bond motifs is 4. The fourth-order valence-corrected chi connectivity index (χ4v) is 6.34. The fourth-order valence-electron chi connectivity index (χ4n) is 6.34. The Morgan fingerprint density at radius 2 is 1.66 bits per heavy atom. The van der Waals surface area contributed by atoms with Gasteiger partial charge in [-0.25, -0.2) is 0 Å². The molecular formula is C31H41N3O4. The second-order valence-electron chi connectivity index (χ2n) is 10.5. The molecule has 0 unspecified atom stereocenters. The molecule has 0 aliphatic carbocycles. The molecule has 2 aromatic carbocycles. The van der Waals surface area contributed by atoms with E-state index < -0.39 is 5.92 Å². The summed E-state index contributed by atoms with van der Waals surface area (Å²) < 4.78 is 11.8. The van der Waals surface area contributed by atoms with Crippen molar-refractivity contribution in [1.29, 1.82) is 0 Å². The van der Waals surface area contributed by atoms with E-state index in [2.05, 4.69) is 10.2 Å². The van der Waals surface area contributed by atoms with Crippen LogP contribution in [0.3, 0.4) is 0 Å². The van der Waals surface area contributed by atoms with Crippen LogP contribution in [-0.2, 0) is 11.2 Å². The zero-order chi connectivity index (χ0) is 26.5. The topological polar surface area (TPSA) is 71.1 Å². The van der Waals surface area contributed by atoms with Crippen LogP contribution in [0.4, 0.5) is 0 Å². The molecule has 1 N–H and O–H groups in total. The summed E-state index contributed by atoms with van der Waals surface area (Å²) in [6.07, 6.45) is 6.83. The molecule has 5 rings (SSSR count). The lowest BCUT2D eigenvalue weighted by atomic mass is 9.75. The van der Waals surface area contributed by atoms with Crippen molar-refractivity contribution in [1.82, 2.24) is 15.1 Å². The second kappa shape index (κ2) is 12.2. The van der Waals surface area contributed by atoms with Crippen molar-refractivity contribution in [2.75, 3.05) is 45.9 Å². The fraction of sp³-hybridized carbons (Fsp3) is 0.548. The lowest BCUT2D eigenvalue weighted by Crippen LogP contribution is -2.50. The highest BCUT2D eigenvalue weighted by Gasteiger charge is 2.46. The molecule has 0 saturated carbocycles. The minimum atomic E-state index is -0.478. The molecule has 1 fully saturated rings. The molecule has 7 heteroatoms. The van der Waals surface area contributed by atoms with Gasteiger partial charge in [0, 0.05) is 18.7 Å². The summed E-state index contributed by atoms with van der Waals surface area (Å²) in [5, 5.41) is 3.24. The first-order valence-corrected chi connectivity index (χ1v) is 14.4. The van der Waals surface area contributed by atoms with Gasteiger partial charge in [0.2, 0.25) is 5.91 Å². The van der Waals surface area contributed by atoms with Gasteiger partial charge in [0.05, 0.1) is 25.2 Å². The van der Waals surface area contributed by atoms with Crippen molar-refractivity contribution < 1.29 is 19.1 Å². The van der Waals surface area contributed by atoms with Crippen molar-refractivity contribution in [2.24, 2.45) is 0 Å². The van der Waals surface area contributed by atoms with Gasteiger partial charge in [-0.3, -0.25) is 9.59 Å². The summed E-state index contributed by atoms with van der Waals surface area (Å²) in [5.41, 5.74) is 3.54. The Morgan fingerprint density at radius 3 is 2.39 bits per heavy atom. The maximum Gasteiger partial charge on any atom is 0.254 e. The highest BCUT2D eigenvalue weighted by atomic mass is 16.5. The zero-order valence-corrected chi connectivity index (χ0v) is 22.8. The summed E-state index contributed by atoms with van der Waals surface area (Å²) in [6, 6.07) is 11.3. The SMILES string of the molecule is CCOc1cc2c(cc1OCC)[C@H]1[C@H](C(=O)NCCCN3CCCCCC3)c3ccccc3C(=O)N1CC2. The second-order valence-corrected chi connectivity index (χ2v) is 10.5. The number of carbonyl (C=O) groups is 2. The van der Waals surface area contributed by atoms with Gasteiger partial charge in [-0.1, -0.05) is 31.0 Å². The number of likely N-dealkylation sites (tertiary alicyclic amines) is 1. The predicted octanol–water partition coefficient (Wildman–Crippen LogP) is 4.70. The van der Waals surface area contributed by atoms with Crippen LogP contribution in [0.15, 0.2) is 36.4 Å². The van der Waals surface area contributed by atoms with Crippen molar-refractivity contribution >= 4 is 11.8 Å². The van der Waals surface area contributed by atoms with Gasteiger partial charge in [0.1, 0.15) is 0 Å². The van der Waals surface area contributed by atoms with Crippen LogP contribution in [0.25, 0.3) is 0 Å². The van der Waals surface area contributed by atoms with Crippen LogP contribution in [-0.4, -0.2) is 67.6 Å². The molecular weight excluding hydrogens is 478 g/mol. The lowest BCUT2D eigenvalue weighted by molar-refractivity contribution is -0.124. The molecule has 2 amide bonds. The van der Waals surface area contributed by atoms with E-state index in [1.165, 1.54) is 25.7 Å². The van der Waals surface area contributed by atoms with E-state index in [-0.39, 0.29) is 17.9 Å². The van der Waals surface area contributed by atoms with Crippen molar-refractivity contribution in [3.63, 3.8) is 0 Å². The van der Waals surface area contributed by atoms with E-state index in [0.29, 0.717) is 37.6 Å². The van der Waals surface area contributed by atoms with Gasteiger partial charge in [-0.05, 0) is 94.1 Å². The van der Waals surface area contributed by atoms with Gasteiger partial charge in [0.15, 0.2) is 11.5 Å². The van der Waals surface area contributed by atoms with Gasteiger partial charge in [-0.2, -0.15) is 0 Å². The van der Waals surface area contributed by atoms with E-state index in [4.69, 9.17) is 9.47 Å². The Kier molecular flexibility index (Phi) is 8.52. The first-order valence-electron chi connectivity index (χ1n) is 14.4. The number of nitrogens with one attached hydrogen (secondary N) is 1. The van der Waals surface area contributed by atoms with E-state index in [1.54, 1.807) is 0 Å². The first-order chi connectivity index (χ1) is 18.6. The quantitative estimate of drug-likeness (QED) is 0.486. The summed E-state index contributed by atoms with van der Waals surface area (Å²) in [5.74, 6) is 0.883.